The second-order valence-corrected chi connectivity index (χ2v) is 21.5. The van der Waals surface area contributed by atoms with E-state index >= 15 is 0 Å². The number of carbonyl (C=O) groups excluding carboxylic acids is 3. The Kier molecular flexibility index (Phi) is 13.6. The van der Waals surface area contributed by atoms with Crippen molar-refractivity contribution in [1.29, 1.82) is 0 Å². The summed E-state index contributed by atoms with van der Waals surface area (Å²) >= 11 is 0. The van der Waals surface area contributed by atoms with Crippen molar-refractivity contribution in [3.05, 3.63) is 96.6 Å². The molecule has 310 valence electrons. The summed E-state index contributed by atoms with van der Waals surface area (Å²) in [4.78, 5) is 62.5. The van der Waals surface area contributed by atoms with Crippen LogP contribution in [-0.2, 0) is 25.2 Å². The zero-order chi connectivity index (χ0) is 42.3. The number of rotatable bonds is 11. The number of aromatic nitrogens is 4. The molecule has 14 nitrogen and oxygen atoms in total. The average Bonchev–Trinajstić information content (AvgIpc) is 3.16. The number of ether oxygens (including phenoxy) is 3. The molecule has 0 bridgehead atoms. The van der Waals surface area contributed by atoms with Gasteiger partial charge in [0.05, 0.1) is 31.4 Å². The summed E-state index contributed by atoms with van der Waals surface area (Å²) in [5, 5.41) is 2.07. The van der Waals surface area contributed by atoms with Crippen LogP contribution in [0.4, 0.5) is 21.5 Å². The molecule has 0 saturated carbocycles. The highest BCUT2D eigenvalue weighted by Crippen LogP contribution is 2.37. The second-order valence-electron chi connectivity index (χ2n) is 17.2. The quantitative estimate of drug-likeness (QED) is 0.0937. The summed E-state index contributed by atoms with van der Waals surface area (Å²) in [5.41, 5.74) is -0.869. The molecule has 4 aromatic rings. The monoisotopic (exact) mass is 811 g/mol. The predicted octanol–water partition coefficient (Wildman–Crippen LogP) is 6.39. The molecule has 0 aliphatic carbocycles. The fourth-order valence-electron chi connectivity index (χ4n) is 6.83. The zero-order valence-electron chi connectivity index (χ0n) is 35.4. The fraction of sp³-hybridized carbons (Fsp3) is 0.465. The van der Waals surface area contributed by atoms with Crippen molar-refractivity contribution >= 4 is 48.7 Å². The first-order chi connectivity index (χ1) is 27.3. The van der Waals surface area contributed by atoms with Crippen molar-refractivity contribution in [1.82, 2.24) is 24.8 Å². The molecule has 2 amide bonds. The molecule has 2 aromatic heterocycles. The Bertz CT molecular complexity index is 1920. The minimum absolute atomic E-state index is 0.147. The van der Waals surface area contributed by atoms with Crippen LogP contribution in [0.1, 0.15) is 85.2 Å². The maximum absolute atomic E-state index is 13.2. The van der Waals surface area contributed by atoms with E-state index in [1.54, 1.807) is 60.9 Å². The summed E-state index contributed by atoms with van der Waals surface area (Å²) in [5.74, 6) is 0.453. The van der Waals surface area contributed by atoms with Gasteiger partial charge in [-0.15, -0.1) is 0 Å². The Balaban J connectivity index is 1.46. The SMILES string of the molecule is CCOC(=O)c1cnc(N2CCN(c3ncc(CN(C(=O)OC(C)(C)C)C(=O)OC(C)(C)C)cn3)C[C@@H]2CO[Si](c2ccccc2)(c2ccccc2)C(C)(C)C)nc1. The van der Waals surface area contributed by atoms with Crippen LogP contribution >= 0.6 is 0 Å². The maximum Gasteiger partial charge on any atom is 0.420 e. The largest absolute Gasteiger partial charge is 0.462 e. The highest BCUT2D eigenvalue weighted by molar-refractivity contribution is 6.99. The van der Waals surface area contributed by atoms with Crippen LogP contribution in [0.2, 0.25) is 5.04 Å². The number of esters is 1. The van der Waals surface area contributed by atoms with E-state index in [1.807, 2.05) is 12.1 Å². The van der Waals surface area contributed by atoms with Crippen LogP contribution in [0.5, 0.6) is 0 Å². The number of hydrogen-bond donors (Lipinski definition) is 0. The number of imide groups is 1. The van der Waals surface area contributed by atoms with Crippen LogP contribution in [0, 0.1) is 0 Å². The lowest BCUT2D eigenvalue weighted by molar-refractivity contribution is -0.000323. The van der Waals surface area contributed by atoms with Gasteiger partial charge >= 0.3 is 18.2 Å². The van der Waals surface area contributed by atoms with Gasteiger partial charge in [-0.05, 0) is 63.9 Å². The summed E-state index contributed by atoms with van der Waals surface area (Å²) in [6.07, 6.45) is 4.52. The second kappa shape index (κ2) is 18.0. The molecular formula is C43H57N7O7Si. The minimum atomic E-state index is -2.93. The van der Waals surface area contributed by atoms with Crippen molar-refractivity contribution in [2.24, 2.45) is 0 Å². The van der Waals surface area contributed by atoms with E-state index in [0.717, 1.165) is 15.3 Å². The minimum Gasteiger partial charge on any atom is -0.462 e. The van der Waals surface area contributed by atoms with E-state index in [1.165, 1.54) is 12.4 Å². The summed E-state index contributed by atoms with van der Waals surface area (Å²) in [6, 6.07) is 20.7. The molecule has 0 spiro atoms. The third-order valence-corrected chi connectivity index (χ3v) is 14.3. The predicted molar refractivity (Wildman–Crippen MR) is 225 cm³/mol. The standard InChI is InChI=1S/C43H57N7O7Si/c1-11-54-36(51)32-26-46-38(47-27-32)49-23-22-48(37-44-24-31(25-45-37)28-50(39(52)56-41(2,3)4)40(53)57-42(5,6)7)29-33(49)30-55-58(43(8,9)10,34-18-14-12-15-19-34)35-20-16-13-17-21-35/h12-21,24-27,33H,11,22-23,28-30H2,1-10H3/t33-/m1/s1. The topological polar surface area (TPSA) is 149 Å². The Morgan fingerprint density at radius 2 is 1.22 bits per heavy atom. The Morgan fingerprint density at radius 3 is 1.69 bits per heavy atom. The smallest absolute Gasteiger partial charge is 0.420 e. The fourth-order valence-corrected chi connectivity index (χ4v) is 11.4. The van der Waals surface area contributed by atoms with Gasteiger partial charge in [0.25, 0.3) is 8.32 Å². The number of nitrogens with zero attached hydrogens (tertiary/aromatic N) is 7. The summed E-state index contributed by atoms with van der Waals surface area (Å²) < 4.78 is 23.6. The molecule has 15 heteroatoms. The first-order valence-electron chi connectivity index (χ1n) is 19.6. The van der Waals surface area contributed by atoms with E-state index in [4.69, 9.17) is 28.6 Å². The van der Waals surface area contributed by atoms with E-state index in [2.05, 4.69) is 89.1 Å². The summed E-state index contributed by atoms with van der Waals surface area (Å²) in [6.45, 7) is 20.8. The molecule has 1 atom stereocenters. The molecule has 2 aromatic carbocycles. The Hall–Kier alpha value is -5.41. The number of piperazine rings is 1. The molecule has 58 heavy (non-hydrogen) atoms. The molecule has 1 aliphatic rings. The normalized spacial score (nSPS) is 15.1. The van der Waals surface area contributed by atoms with E-state index in [9.17, 15) is 14.4 Å². The third kappa shape index (κ3) is 10.7. The van der Waals surface area contributed by atoms with Crippen LogP contribution < -0.4 is 20.2 Å². The third-order valence-electron chi connectivity index (χ3n) is 9.34. The van der Waals surface area contributed by atoms with Gasteiger partial charge in [0.15, 0.2) is 0 Å². The first kappa shape index (κ1) is 43.7. The van der Waals surface area contributed by atoms with Crippen molar-refractivity contribution in [2.75, 3.05) is 42.6 Å². The van der Waals surface area contributed by atoms with Gasteiger partial charge in [-0.2, -0.15) is 0 Å². The molecule has 3 heterocycles. The lowest BCUT2D eigenvalue weighted by Gasteiger charge is -2.46. The molecule has 1 fully saturated rings. The first-order valence-corrected chi connectivity index (χ1v) is 21.5. The molecule has 0 N–H and O–H groups in total. The van der Waals surface area contributed by atoms with Gasteiger partial charge < -0.3 is 28.4 Å². The van der Waals surface area contributed by atoms with Crippen LogP contribution in [0.15, 0.2) is 85.5 Å². The van der Waals surface area contributed by atoms with Crippen LogP contribution in [0.25, 0.3) is 0 Å². The number of carbonyl (C=O) groups is 3. The number of amides is 2. The van der Waals surface area contributed by atoms with Gasteiger partial charge in [0.1, 0.15) is 11.2 Å². The molecule has 0 radical (unpaired) electrons. The van der Waals surface area contributed by atoms with E-state index in [-0.39, 0.29) is 29.8 Å². The molecule has 1 aliphatic heterocycles. The van der Waals surface area contributed by atoms with Crippen LogP contribution in [-0.4, -0.2) is 101 Å². The Labute approximate surface area is 343 Å². The van der Waals surface area contributed by atoms with Gasteiger partial charge in [-0.3, -0.25) is 0 Å². The summed E-state index contributed by atoms with van der Waals surface area (Å²) in [7, 11) is -2.93. The highest BCUT2D eigenvalue weighted by atomic mass is 28.4. The number of benzene rings is 2. The van der Waals surface area contributed by atoms with Gasteiger partial charge in [-0.25, -0.2) is 39.2 Å². The van der Waals surface area contributed by atoms with Crippen LogP contribution in [0.3, 0.4) is 0 Å². The lowest BCUT2D eigenvalue weighted by Crippen LogP contribution is -2.68. The molecular weight excluding hydrogens is 755 g/mol. The van der Waals surface area contributed by atoms with Gasteiger partial charge in [-0.1, -0.05) is 81.4 Å². The molecule has 0 unspecified atom stereocenters. The van der Waals surface area contributed by atoms with E-state index in [0.29, 0.717) is 43.7 Å². The van der Waals surface area contributed by atoms with Gasteiger partial charge in [0, 0.05) is 50.0 Å². The Morgan fingerprint density at radius 1 is 0.724 bits per heavy atom. The van der Waals surface area contributed by atoms with Crippen molar-refractivity contribution < 1.29 is 33.0 Å². The maximum atomic E-state index is 13.2. The molecule has 1 saturated heterocycles. The zero-order valence-corrected chi connectivity index (χ0v) is 36.4. The molecule has 5 rings (SSSR count). The lowest BCUT2D eigenvalue weighted by atomic mass is 10.2. The highest BCUT2D eigenvalue weighted by Gasteiger charge is 2.51. The van der Waals surface area contributed by atoms with Gasteiger partial charge in [0.2, 0.25) is 11.9 Å². The number of anilines is 2. The average molecular weight is 812 g/mol. The van der Waals surface area contributed by atoms with Crippen molar-refractivity contribution in [3.8, 4) is 0 Å². The van der Waals surface area contributed by atoms with E-state index < -0.39 is 37.7 Å². The van der Waals surface area contributed by atoms with Crippen molar-refractivity contribution in [2.45, 2.75) is 98.1 Å². The number of hydrogen-bond acceptors (Lipinski definition) is 13. The van der Waals surface area contributed by atoms with Crippen molar-refractivity contribution in [3.63, 3.8) is 0 Å².